The van der Waals surface area contributed by atoms with E-state index in [1.807, 2.05) is 12.1 Å². The predicted octanol–water partition coefficient (Wildman–Crippen LogP) is 13.7. The molecule has 0 aromatic heterocycles. The minimum atomic E-state index is 0.993. The molecule has 0 saturated carbocycles. The van der Waals surface area contributed by atoms with Gasteiger partial charge in [-0.25, -0.2) is 0 Å². The van der Waals surface area contributed by atoms with Gasteiger partial charge in [0.05, 0.1) is 0 Å². The highest BCUT2D eigenvalue weighted by molar-refractivity contribution is 7.80. The largest absolute Gasteiger partial charge is 0.355 e. The quantitative estimate of drug-likeness (QED) is 0.155. The molecule has 0 spiro atoms. The first-order valence-corrected chi connectivity index (χ1v) is 17.3. The van der Waals surface area contributed by atoms with Gasteiger partial charge in [0, 0.05) is 21.8 Å². The summed E-state index contributed by atoms with van der Waals surface area (Å²) in [4.78, 5) is 0.993. The van der Waals surface area contributed by atoms with Crippen LogP contribution in [0.25, 0.3) is 66.8 Å². The van der Waals surface area contributed by atoms with Crippen molar-refractivity contribution in [3.63, 3.8) is 0 Å². The summed E-state index contributed by atoms with van der Waals surface area (Å²) < 4.78 is 0. The summed E-state index contributed by atoms with van der Waals surface area (Å²) in [5, 5.41) is 3.60. The van der Waals surface area contributed by atoms with Crippen LogP contribution in [-0.2, 0) is 0 Å². The number of nitrogens with one attached hydrogen (secondary N) is 1. The Labute approximate surface area is 300 Å². The summed E-state index contributed by atoms with van der Waals surface area (Å²) in [7, 11) is 0. The zero-order valence-corrected chi connectivity index (χ0v) is 28.4. The van der Waals surface area contributed by atoms with E-state index < -0.39 is 0 Å². The van der Waals surface area contributed by atoms with Crippen molar-refractivity contribution >= 4 is 24.0 Å². The number of hydrogen-bond acceptors (Lipinski definition) is 2. The second-order valence-electron chi connectivity index (χ2n) is 12.4. The third kappa shape index (κ3) is 6.62. The zero-order valence-electron chi connectivity index (χ0n) is 27.5. The van der Waals surface area contributed by atoms with Crippen molar-refractivity contribution < 1.29 is 0 Å². The lowest BCUT2D eigenvalue weighted by atomic mass is 9.94. The van der Waals surface area contributed by atoms with Gasteiger partial charge < -0.3 is 5.32 Å². The Morgan fingerprint density at radius 3 is 1.26 bits per heavy atom. The van der Waals surface area contributed by atoms with Crippen molar-refractivity contribution in [1.29, 1.82) is 0 Å². The van der Waals surface area contributed by atoms with Gasteiger partial charge in [-0.1, -0.05) is 164 Å². The Kier molecular flexibility index (Phi) is 8.85. The molecule has 0 aliphatic rings. The van der Waals surface area contributed by atoms with E-state index in [1.165, 1.54) is 50.1 Å². The van der Waals surface area contributed by atoms with Gasteiger partial charge in [-0.05, 0) is 97.6 Å². The highest BCUT2D eigenvalue weighted by atomic mass is 32.1. The van der Waals surface area contributed by atoms with Crippen LogP contribution >= 0.6 is 12.6 Å². The summed E-state index contributed by atoms with van der Waals surface area (Å²) in [6.07, 6.45) is 0. The summed E-state index contributed by atoms with van der Waals surface area (Å²) >= 11 is 4.96. The van der Waals surface area contributed by atoms with Gasteiger partial charge in [0.15, 0.2) is 0 Å². The molecule has 0 saturated heterocycles. The maximum absolute atomic E-state index is 4.96. The molecule has 0 aliphatic carbocycles. The predicted molar refractivity (Wildman–Crippen MR) is 216 cm³/mol. The Bertz CT molecular complexity index is 2400. The molecule has 8 aromatic carbocycles. The molecule has 0 aliphatic heterocycles. The molecular weight excluding hydrogens is 623 g/mol. The number of para-hydroxylation sites is 2. The Hall–Kier alpha value is -6.09. The maximum atomic E-state index is 4.96. The summed E-state index contributed by atoms with van der Waals surface area (Å²) in [6, 6.07) is 70.9. The van der Waals surface area contributed by atoms with Gasteiger partial charge >= 0.3 is 0 Å². The first kappa shape index (κ1) is 31.2. The average molecular weight is 658 g/mol. The monoisotopic (exact) mass is 657 g/mol. The first-order valence-electron chi connectivity index (χ1n) is 16.9. The van der Waals surface area contributed by atoms with E-state index >= 15 is 0 Å². The minimum Gasteiger partial charge on any atom is -0.355 e. The molecule has 0 radical (unpaired) electrons. The Morgan fingerprint density at radius 1 is 0.280 bits per heavy atom. The van der Waals surface area contributed by atoms with Crippen molar-refractivity contribution in [2.75, 3.05) is 5.32 Å². The normalized spacial score (nSPS) is 10.9. The standard InChI is InChI=1S/C48H35NS/c50-48-45(35-13-3-1-4-14-35)24-12-25-46(48)36-29-27-34(28-30-36)37-15-9-16-38(31-37)39-17-10-18-40(32-39)41-19-11-20-42(33-41)44-23-7-8-26-47(44)49-43-21-5-2-6-22-43/h1-33,49-50H. The SMILES string of the molecule is Sc1c(-c2ccccc2)cccc1-c1ccc(-c2cccc(-c3cccc(-c4cccc(-c5ccccc5Nc5ccccc5)c4)c3)c2)cc1. The van der Waals surface area contributed by atoms with Gasteiger partial charge in [0.2, 0.25) is 0 Å². The van der Waals surface area contributed by atoms with E-state index in [0.717, 1.165) is 33.0 Å². The van der Waals surface area contributed by atoms with E-state index in [4.69, 9.17) is 12.6 Å². The smallest absolute Gasteiger partial charge is 0.0463 e. The average Bonchev–Trinajstić information content (AvgIpc) is 3.19. The number of hydrogen-bond donors (Lipinski definition) is 2. The second-order valence-corrected chi connectivity index (χ2v) is 12.9. The van der Waals surface area contributed by atoms with Crippen LogP contribution in [0.15, 0.2) is 205 Å². The molecule has 1 N–H and O–H groups in total. The Morgan fingerprint density at radius 2 is 0.660 bits per heavy atom. The van der Waals surface area contributed by atoms with E-state index in [9.17, 15) is 0 Å². The van der Waals surface area contributed by atoms with Crippen molar-refractivity contribution in [2.45, 2.75) is 4.90 Å². The molecule has 8 rings (SSSR count). The summed E-state index contributed by atoms with van der Waals surface area (Å²) in [6.45, 7) is 0. The second kappa shape index (κ2) is 14.2. The molecule has 0 amide bonds. The molecule has 0 unspecified atom stereocenters. The van der Waals surface area contributed by atoms with Gasteiger partial charge in [0.1, 0.15) is 0 Å². The van der Waals surface area contributed by atoms with Crippen molar-refractivity contribution in [2.24, 2.45) is 0 Å². The summed E-state index contributed by atoms with van der Waals surface area (Å²) in [5.41, 5.74) is 16.2. The molecule has 1 nitrogen and oxygen atoms in total. The van der Waals surface area contributed by atoms with Crippen molar-refractivity contribution in [3.8, 4) is 66.8 Å². The molecule has 238 valence electrons. The van der Waals surface area contributed by atoms with Crippen LogP contribution in [0.4, 0.5) is 11.4 Å². The van der Waals surface area contributed by atoms with E-state index in [2.05, 4.69) is 193 Å². The van der Waals surface area contributed by atoms with Crippen LogP contribution in [0.3, 0.4) is 0 Å². The van der Waals surface area contributed by atoms with Crippen LogP contribution in [0.1, 0.15) is 0 Å². The summed E-state index contributed by atoms with van der Waals surface area (Å²) in [5.74, 6) is 0. The lowest BCUT2D eigenvalue weighted by Crippen LogP contribution is -1.93. The van der Waals surface area contributed by atoms with Gasteiger partial charge in [-0.2, -0.15) is 0 Å². The molecule has 8 aromatic rings. The van der Waals surface area contributed by atoms with Gasteiger partial charge in [-0.15, -0.1) is 12.6 Å². The fourth-order valence-electron chi connectivity index (χ4n) is 6.61. The number of rotatable bonds is 8. The van der Waals surface area contributed by atoms with E-state index in [-0.39, 0.29) is 0 Å². The topological polar surface area (TPSA) is 12.0 Å². The molecule has 2 heteroatoms. The number of anilines is 2. The fraction of sp³-hybridized carbons (Fsp3) is 0. The van der Waals surface area contributed by atoms with Gasteiger partial charge in [-0.3, -0.25) is 0 Å². The van der Waals surface area contributed by atoms with Crippen LogP contribution in [0.2, 0.25) is 0 Å². The molecular formula is C48H35NS. The lowest BCUT2D eigenvalue weighted by molar-refractivity contribution is 1.44. The van der Waals surface area contributed by atoms with Crippen LogP contribution in [0, 0.1) is 0 Å². The lowest BCUT2D eigenvalue weighted by Gasteiger charge is -2.14. The van der Waals surface area contributed by atoms with Crippen molar-refractivity contribution in [3.05, 3.63) is 200 Å². The van der Waals surface area contributed by atoms with E-state index in [1.54, 1.807) is 0 Å². The molecule has 50 heavy (non-hydrogen) atoms. The van der Waals surface area contributed by atoms with E-state index in [0.29, 0.717) is 0 Å². The highest BCUT2D eigenvalue weighted by Crippen LogP contribution is 2.37. The molecule has 0 atom stereocenters. The Balaban J connectivity index is 1.06. The minimum absolute atomic E-state index is 0.993. The molecule has 0 bridgehead atoms. The first-order chi connectivity index (χ1) is 24.7. The molecule has 0 heterocycles. The molecule has 0 fully saturated rings. The van der Waals surface area contributed by atoms with Gasteiger partial charge in [0.25, 0.3) is 0 Å². The zero-order chi connectivity index (χ0) is 33.7. The van der Waals surface area contributed by atoms with Crippen LogP contribution in [-0.4, -0.2) is 0 Å². The fourth-order valence-corrected chi connectivity index (χ4v) is 7.02. The highest BCUT2D eigenvalue weighted by Gasteiger charge is 2.11. The number of benzene rings is 8. The van der Waals surface area contributed by atoms with Crippen molar-refractivity contribution in [1.82, 2.24) is 0 Å². The third-order valence-electron chi connectivity index (χ3n) is 9.20. The number of thiol groups is 1. The van der Waals surface area contributed by atoms with Crippen LogP contribution in [0.5, 0.6) is 0 Å². The maximum Gasteiger partial charge on any atom is 0.0463 e. The van der Waals surface area contributed by atoms with Crippen LogP contribution < -0.4 is 5.32 Å². The third-order valence-corrected chi connectivity index (χ3v) is 9.68.